The fraction of sp³-hybridized carbons (Fsp3) is 0.412. The summed E-state index contributed by atoms with van der Waals surface area (Å²) in [5, 5.41) is 3.32. The molecule has 0 unspecified atom stereocenters. The molecule has 3 rings (SSSR count). The number of nitrogens with zero attached hydrogens (tertiary/aromatic N) is 1. The van der Waals surface area contributed by atoms with E-state index in [4.69, 9.17) is 0 Å². The van der Waals surface area contributed by atoms with Crippen molar-refractivity contribution in [3.05, 3.63) is 40.4 Å². The van der Waals surface area contributed by atoms with Crippen molar-refractivity contribution in [1.29, 1.82) is 0 Å². The summed E-state index contributed by atoms with van der Waals surface area (Å²) in [4.78, 5) is 18.4. The standard InChI is InChI=1S/C17H20N2O3S2/c1-3-24(21,22)15-7-5-4-6-12(15)16(20)19-17-18-13-9-8-11(2)10-14(13)23-17/h4-7,11H,3,8-10H2,1-2H3,(H,18,19,20)/t11-/m0/s1. The Morgan fingerprint density at radius 2 is 2.12 bits per heavy atom. The van der Waals surface area contributed by atoms with E-state index >= 15 is 0 Å². The van der Waals surface area contributed by atoms with Gasteiger partial charge >= 0.3 is 0 Å². The third-order valence-corrected chi connectivity index (χ3v) is 7.07. The monoisotopic (exact) mass is 364 g/mol. The second-order valence-corrected chi connectivity index (χ2v) is 9.42. The molecule has 5 nitrogen and oxygen atoms in total. The van der Waals surface area contributed by atoms with Gasteiger partial charge in [-0.3, -0.25) is 10.1 Å². The zero-order valence-electron chi connectivity index (χ0n) is 13.7. The van der Waals surface area contributed by atoms with Crippen LogP contribution in [0.15, 0.2) is 29.2 Å². The van der Waals surface area contributed by atoms with E-state index in [1.54, 1.807) is 19.1 Å². The molecular formula is C17H20N2O3S2. The molecule has 1 aliphatic carbocycles. The Balaban J connectivity index is 1.87. The lowest BCUT2D eigenvalue weighted by Gasteiger charge is -2.15. The smallest absolute Gasteiger partial charge is 0.258 e. The third-order valence-electron chi connectivity index (χ3n) is 4.25. The minimum absolute atomic E-state index is 0.0409. The van der Waals surface area contributed by atoms with Crippen molar-refractivity contribution in [3.63, 3.8) is 0 Å². The van der Waals surface area contributed by atoms with Crippen LogP contribution in [0.2, 0.25) is 0 Å². The molecule has 1 aromatic heterocycles. The number of fused-ring (bicyclic) bond motifs is 1. The van der Waals surface area contributed by atoms with Crippen LogP contribution in [-0.4, -0.2) is 25.1 Å². The quantitative estimate of drug-likeness (QED) is 0.903. The van der Waals surface area contributed by atoms with Crippen molar-refractivity contribution in [3.8, 4) is 0 Å². The van der Waals surface area contributed by atoms with Crippen LogP contribution in [0.4, 0.5) is 5.13 Å². The Morgan fingerprint density at radius 1 is 1.38 bits per heavy atom. The van der Waals surface area contributed by atoms with Gasteiger partial charge < -0.3 is 0 Å². The number of amides is 1. The number of carbonyl (C=O) groups is 1. The Hall–Kier alpha value is -1.73. The van der Waals surface area contributed by atoms with Crippen molar-refractivity contribution in [1.82, 2.24) is 4.98 Å². The van der Waals surface area contributed by atoms with Crippen molar-refractivity contribution < 1.29 is 13.2 Å². The van der Waals surface area contributed by atoms with Gasteiger partial charge in [0.2, 0.25) is 0 Å². The van der Waals surface area contributed by atoms with Crippen LogP contribution in [0.25, 0.3) is 0 Å². The summed E-state index contributed by atoms with van der Waals surface area (Å²) in [5.41, 5.74) is 1.23. The molecule has 1 atom stereocenters. The third kappa shape index (κ3) is 3.37. The highest BCUT2D eigenvalue weighted by atomic mass is 32.2. The van der Waals surface area contributed by atoms with Crippen LogP contribution < -0.4 is 5.32 Å². The molecule has 1 aliphatic rings. The zero-order chi connectivity index (χ0) is 17.3. The van der Waals surface area contributed by atoms with Gasteiger partial charge in [0.05, 0.1) is 21.9 Å². The summed E-state index contributed by atoms with van der Waals surface area (Å²) in [5.74, 6) is 0.166. The lowest BCUT2D eigenvalue weighted by atomic mass is 9.93. The summed E-state index contributed by atoms with van der Waals surface area (Å²) in [7, 11) is -3.45. The van der Waals surface area contributed by atoms with E-state index in [9.17, 15) is 13.2 Å². The van der Waals surface area contributed by atoms with Gasteiger partial charge in [0.1, 0.15) is 0 Å². The van der Waals surface area contributed by atoms with Crippen molar-refractivity contribution in [2.45, 2.75) is 38.0 Å². The normalized spacial score (nSPS) is 17.3. The molecule has 7 heteroatoms. The maximum Gasteiger partial charge on any atom is 0.258 e. The number of hydrogen-bond donors (Lipinski definition) is 1. The second kappa shape index (κ2) is 6.64. The van der Waals surface area contributed by atoms with Crippen molar-refractivity contribution in [2.24, 2.45) is 5.92 Å². The van der Waals surface area contributed by atoms with Crippen LogP contribution in [-0.2, 0) is 22.7 Å². The first kappa shape index (κ1) is 17.1. The SMILES string of the molecule is CCS(=O)(=O)c1ccccc1C(=O)Nc1nc2c(s1)C[C@@H](C)CC2. The number of aromatic nitrogens is 1. The Labute approximate surface area is 146 Å². The van der Waals surface area contributed by atoms with Gasteiger partial charge in [-0.1, -0.05) is 26.0 Å². The van der Waals surface area contributed by atoms with Gasteiger partial charge in [-0.25, -0.2) is 13.4 Å². The molecular weight excluding hydrogens is 344 g/mol. The van der Waals surface area contributed by atoms with Crippen LogP contribution >= 0.6 is 11.3 Å². The molecule has 2 aromatic rings. The molecule has 0 aliphatic heterocycles. The van der Waals surface area contributed by atoms with E-state index in [2.05, 4.69) is 17.2 Å². The van der Waals surface area contributed by atoms with Crippen LogP contribution in [0, 0.1) is 5.92 Å². The number of anilines is 1. The topological polar surface area (TPSA) is 76.1 Å². The largest absolute Gasteiger partial charge is 0.298 e. The molecule has 0 fully saturated rings. The highest BCUT2D eigenvalue weighted by Crippen LogP contribution is 2.32. The number of nitrogens with one attached hydrogen (secondary N) is 1. The predicted octanol–water partition coefficient (Wildman–Crippen LogP) is 3.31. The molecule has 1 amide bonds. The maximum absolute atomic E-state index is 12.6. The molecule has 0 bridgehead atoms. The molecule has 24 heavy (non-hydrogen) atoms. The highest BCUT2D eigenvalue weighted by molar-refractivity contribution is 7.91. The number of rotatable bonds is 4. The Bertz CT molecular complexity index is 872. The number of benzene rings is 1. The summed E-state index contributed by atoms with van der Waals surface area (Å²) in [6, 6.07) is 6.30. The fourth-order valence-electron chi connectivity index (χ4n) is 2.84. The second-order valence-electron chi connectivity index (χ2n) is 6.09. The number of sulfone groups is 1. The van der Waals surface area contributed by atoms with Crippen LogP contribution in [0.5, 0.6) is 0 Å². The van der Waals surface area contributed by atoms with E-state index in [1.807, 2.05) is 0 Å². The van der Waals surface area contributed by atoms with E-state index in [1.165, 1.54) is 28.3 Å². The van der Waals surface area contributed by atoms with E-state index in [-0.39, 0.29) is 16.2 Å². The molecule has 1 heterocycles. The molecule has 1 N–H and O–H groups in total. The van der Waals surface area contributed by atoms with Gasteiger partial charge in [0.25, 0.3) is 5.91 Å². The Kier molecular flexibility index (Phi) is 4.73. The summed E-state index contributed by atoms with van der Waals surface area (Å²) in [6.45, 7) is 3.78. The van der Waals surface area contributed by atoms with E-state index < -0.39 is 15.7 Å². The van der Waals surface area contributed by atoms with Crippen LogP contribution in [0.1, 0.15) is 41.2 Å². The van der Waals surface area contributed by atoms with Crippen molar-refractivity contribution >= 4 is 32.2 Å². The molecule has 0 saturated heterocycles. The maximum atomic E-state index is 12.6. The van der Waals surface area contributed by atoms with Crippen LogP contribution in [0.3, 0.4) is 0 Å². The average Bonchev–Trinajstić information content (AvgIpc) is 2.96. The molecule has 128 valence electrons. The summed E-state index contributed by atoms with van der Waals surface area (Å²) < 4.78 is 24.4. The van der Waals surface area contributed by atoms with Gasteiger partial charge in [-0.15, -0.1) is 11.3 Å². The lowest BCUT2D eigenvalue weighted by Crippen LogP contribution is -2.17. The first-order valence-electron chi connectivity index (χ1n) is 8.02. The molecule has 1 aromatic carbocycles. The minimum atomic E-state index is -3.45. The number of aryl methyl sites for hydroxylation is 1. The Morgan fingerprint density at radius 3 is 2.88 bits per heavy atom. The zero-order valence-corrected chi connectivity index (χ0v) is 15.3. The number of thiazole rings is 1. The average molecular weight is 364 g/mol. The van der Waals surface area contributed by atoms with Gasteiger partial charge in [0.15, 0.2) is 15.0 Å². The fourth-order valence-corrected chi connectivity index (χ4v) is 5.10. The highest BCUT2D eigenvalue weighted by Gasteiger charge is 2.23. The number of hydrogen-bond acceptors (Lipinski definition) is 5. The van der Waals surface area contributed by atoms with E-state index in [0.29, 0.717) is 11.0 Å². The lowest BCUT2D eigenvalue weighted by molar-refractivity contribution is 0.102. The minimum Gasteiger partial charge on any atom is -0.298 e. The summed E-state index contributed by atoms with van der Waals surface area (Å²) in [6.07, 6.45) is 3.04. The summed E-state index contributed by atoms with van der Waals surface area (Å²) >= 11 is 1.49. The number of carbonyl (C=O) groups excluding carboxylic acids is 1. The van der Waals surface area contributed by atoms with Gasteiger partial charge in [0, 0.05) is 4.88 Å². The first-order chi connectivity index (χ1) is 11.4. The van der Waals surface area contributed by atoms with Gasteiger partial charge in [-0.2, -0.15) is 0 Å². The van der Waals surface area contributed by atoms with Gasteiger partial charge in [-0.05, 0) is 37.3 Å². The predicted molar refractivity (Wildman–Crippen MR) is 95.4 cm³/mol. The van der Waals surface area contributed by atoms with Crippen molar-refractivity contribution in [2.75, 3.05) is 11.1 Å². The molecule has 0 saturated carbocycles. The first-order valence-corrected chi connectivity index (χ1v) is 10.5. The molecule has 0 radical (unpaired) electrons. The molecule has 0 spiro atoms. The van der Waals surface area contributed by atoms with E-state index in [0.717, 1.165) is 25.0 Å².